The van der Waals surface area contributed by atoms with E-state index in [0.29, 0.717) is 0 Å². The van der Waals surface area contributed by atoms with Crippen molar-refractivity contribution in [3.8, 4) is 0 Å². The Bertz CT molecular complexity index is 557. The van der Waals surface area contributed by atoms with Gasteiger partial charge in [-0.2, -0.15) is 0 Å². The van der Waals surface area contributed by atoms with E-state index in [2.05, 4.69) is 16.7 Å². The first-order valence-corrected chi connectivity index (χ1v) is 10.3. The Morgan fingerprint density at radius 1 is 1.14 bits per heavy atom. The van der Waals surface area contributed by atoms with Gasteiger partial charge >= 0.3 is 7.60 Å². The topological polar surface area (TPSA) is 87.1 Å². The van der Waals surface area contributed by atoms with Crippen molar-refractivity contribution in [2.45, 2.75) is 26.3 Å². The summed E-state index contributed by atoms with van der Waals surface area (Å²) in [6.45, 7) is 8.80. The van der Waals surface area contributed by atoms with Gasteiger partial charge in [0.15, 0.2) is 0 Å². The molecule has 124 valence electrons. The highest BCUT2D eigenvalue weighted by atomic mass is 31.2. The van der Waals surface area contributed by atoms with Gasteiger partial charge in [-0.05, 0) is 39.6 Å². The first-order valence-electron chi connectivity index (χ1n) is 6.99. The molecule has 7 nitrogen and oxygen atoms in total. The molecule has 0 bridgehead atoms. The summed E-state index contributed by atoms with van der Waals surface area (Å²) in [7, 11) is -7.52. The van der Waals surface area contributed by atoms with Crippen molar-refractivity contribution in [2.24, 2.45) is 4.99 Å². The molecule has 0 aromatic carbocycles. The SMILES string of the molecule is C=NC(P(=O)(OCC)OCC)P(=O)(OCC)c1ccccn1. The maximum absolute atomic E-state index is 13.4. The van der Waals surface area contributed by atoms with Crippen LogP contribution in [0.15, 0.2) is 29.4 Å². The van der Waals surface area contributed by atoms with E-state index < -0.39 is 20.5 Å². The van der Waals surface area contributed by atoms with Gasteiger partial charge in [-0.3, -0.25) is 19.1 Å². The van der Waals surface area contributed by atoms with Crippen LogP contribution in [0.4, 0.5) is 0 Å². The van der Waals surface area contributed by atoms with Gasteiger partial charge in [0.1, 0.15) is 5.44 Å². The number of pyridine rings is 1. The average molecular weight is 348 g/mol. The van der Waals surface area contributed by atoms with Crippen molar-refractivity contribution in [3.05, 3.63) is 24.4 Å². The lowest BCUT2D eigenvalue weighted by molar-refractivity contribution is 0.216. The van der Waals surface area contributed by atoms with Crippen LogP contribution in [0.1, 0.15) is 20.8 Å². The van der Waals surface area contributed by atoms with Crippen LogP contribution < -0.4 is 5.44 Å². The lowest BCUT2D eigenvalue weighted by Gasteiger charge is -2.28. The first-order chi connectivity index (χ1) is 10.5. The van der Waals surface area contributed by atoms with Gasteiger partial charge in [0, 0.05) is 6.20 Å². The molecule has 0 aliphatic heterocycles. The van der Waals surface area contributed by atoms with Crippen LogP contribution in [0.5, 0.6) is 0 Å². The average Bonchev–Trinajstić information content (AvgIpc) is 2.49. The summed E-state index contributed by atoms with van der Waals surface area (Å²) in [4.78, 5) is 7.84. The summed E-state index contributed by atoms with van der Waals surface area (Å²) in [5, 5.41) is 0. The van der Waals surface area contributed by atoms with Crippen molar-refractivity contribution in [3.63, 3.8) is 0 Å². The van der Waals surface area contributed by atoms with E-state index in [1.165, 1.54) is 12.3 Å². The van der Waals surface area contributed by atoms with Crippen molar-refractivity contribution >= 4 is 27.1 Å². The van der Waals surface area contributed by atoms with E-state index in [-0.39, 0.29) is 25.3 Å². The van der Waals surface area contributed by atoms with E-state index >= 15 is 0 Å². The summed E-state index contributed by atoms with van der Waals surface area (Å²) >= 11 is 0. The molecule has 0 saturated carbocycles. The number of aromatic nitrogens is 1. The second-order valence-corrected chi connectivity index (χ2v) is 9.00. The molecule has 0 amide bonds. The smallest absolute Gasteiger partial charge is 0.323 e. The largest absolute Gasteiger partial charge is 0.365 e. The third kappa shape index (κ3) is 4.12. The molecule has 22 heavy (non-hydrogen) atoms. The predicted octanol–water partition coefficient (Wildman–Crippen LogP) is 3.27. The highest BCUT2D eigenvalue weighted by Crippen LogP contribution is 2.69. The Labute approximate surface area is 131 Å². The molecule has 1 rings (SSSR count). The van der Waals surface area contributed by atoms with E-state index in [0.717, 1.165) is 0 Å². The van der Waals surface area contributed by atoms with E-state index in [1.807, 2.05) is 0 Å². The molecule has 9 heteroatoms. The lowest BCUT2D eigenvalue weighted by Crippen LogP contribution is -2.22. The standard InChI is InChI=1S/C13H22N2O5P2/c1-5-18-21(16,12-10-8-9-11-15-12)13(14-4)22(17,19-6-2)20-7-3/h8-11,13H,4-7H2,1-3H3. The molecule has 2 unspecified atom stereocenters. The Morgan fingerprint density at radius 3 is 2.14 bits per heavy atom. The first kappa shape index (κ1) is 19.2. The molecule has 0 fully saturated rings. The quantitative estimate of drug-likeness (QED) is 0.476. The van der Waals surface area contributed by atoms with Gasteiger partial charge in [-0.25, -0.2) is 0 Å². The highest BCUT2D eigenvalue weighted by molar-refractivity contribution is 7.79. The number of nitrogens with zero attached hydrogens (tertiary/aromatic N) is 2. The van der Waals surface area contributed by atoms with Crippen LogP contribution in [-0.4, -0.2) is 37.0 Å². The van der Waals surface area contributed by atoms with Gasteiger partial charge in [-0.1, -0.05) is 6.07 Å². The summed E-state index contributed by atoms with van der Waals surface area (Å²) in [6.07, 6.45) is 1.48. The third-order valence-corrected chi connectivity index (χ3v) is 8.70. The van der Waals surface area contributed by atoms with Crippen LogP contribution in [0, 0.1) is 0 Å². The van der Waals surface area contributed by atoms with Gasteiger partial charge in [0.05, 0.1) is 19.8 Å². The normalized spacial score (nSPS) is 16.0. The summed E-state index contributed by atoms with van der Waals surface area (Å²) < 4.78 is 42.3. The molecule has 2 atom stereocenters. The third-order valence-electron chi connectivity index (χ3n) is 2.66. The van der Waals surface area contributed by atoms with E-state index in [9.17, 15) is 9.13 Å². The van der Waals surface area contributed by atoms with Gasteiger partial charge in [0.2, 0.25) is 5.52 Å². The molecule has 0 N–H and O–H groups in total. The van der Waals surface area contributed by atoms with Crippen LogP contribution in [0.3, 0.4) is 0 Å². The molecule has 0 spiro atoms. The van der Waals surface area contributed by atoms with Crippen LogP contribution in [0.2, 0.25) is 0 Å². The van der Waals surface area contributed by atoms with Crippen molar-refractivity contribution in [2.75, 3.05) is 19.8 Å². The van der Waals surface area contributed by atoms with Crippen LogP contribution >= 0.6 is 15.0 Å². The van der Waals surface area contributed by atoms with E-state index in [4.69, 9.17) is 13.6 Å². The zero-order valence-corrected chi connectivity index (χ0v) is 14.8. The minimum absolute atomic E-state index is 0.123. The molecule has 1 aromatic heterocycles. The zero-order valence-electron chi connectivity index (χ0n) is 13.0. The minimum atomic E-state index is -3.80. The summed E-state index contributed by atoms with van der Waals surface area (Å²) in [5.74, 6) is 0. The predicted molar refractivity (Wildman–Crippen MR) is 87.3 cm³/mol. The van der Waals surface area contributed by atoms with Crippen molar-refractivity contribution in [1.29, 1.82) is 0 Å². The van der Waals surface area contributed by atoms with Gasteiger partial charge in [-0.15, -0.1) is 0 Å². The second-order valence-electron chi connectivity index (χ2n) is 4.11. The maximum atomic E-state index is 13.4. The number of hydrogen-bond donors (Lipinski definition) is 0. The second kappa shape index (κ2) is 8.70. The van der Waals surface area contributed by atoms with E-state index in [1.54, 1.807) is 32.9 Å². The Balaban J connectivity index is 3.40. The highest BCUT2D eigenvalue weighted by Gasteiger charge is 2.51. The molecule has 1 heterocycles. The van der Waals surface area contributed by atoms with Crippen molar-refractivity contribution < 1.29 is 22.7 Å². The van der Waals surface area contributed by atoms with Crippen molar-refractivity contribution in [1.82, 2.24) is 4.98 Å². The lowest BCUT2D eigenvalue weighted by atomic mass is 10.5. The van der Waals surface area contributed by atoms with Crippen LogP contribution in [0.25, 0.3) is 0 Å². The monoisotopic (exact) mass is 348 g/mol. The zero-order chi connectivity index (χ0) is 16.6. The Morgan fingerprint density at radius 2 is 1.73 bits per heavy atom. The minimum Gasteiger partial charge on any atom is -0.323 e. The molecule has 0 radical (unpaired) electrons. The summed E-state index contributed by atoms with van der Waals surface area (Å²) in [5.41, 5.74) is -1.19. The van der Waals surface area contributed by atoms with Gasteiger partial charge < -0.3 is 13.6 Å². The summed E-state index contributed by atoms with van der Waals surface area (Å²) in [6, 6.07) is 4.89. The maximum Gasteiger partial charge on any atom is 0.365 e. The Kier molecular flexibility index (Phi) is 7.60. The van der Waals surface area contributed by atoms with Gasteiger partial charge in [0.25, 0.3) is 7.37 Å². The van der Waals surface area contributed by atoms with Crippen LogP contribution in [-0.2, 0) is 22.7 Å². The fourth-order valence-electron chi connectivity index (χ4n) is 1.91. The molecular formula is C13H22N2O5P2. The molecule has 0 saturated heterocycles. The number of hydrogen-bond acceptors (Lipinski definition) is 7. The fourth-order valence-corrected chi connectivity index (χ4v) is 7.23. The number of aliphatic imine (C=N–C) groups is 1. The fraction of sp³-hybridized carbons (Fsp3) is 0.538. The molecule has 1 aromatic rings. The Hall–Kier alpha value is -0.840. The molecule has 0 aliphatic rings. The molecular weight excluding hydrogens is 326 g/mol. The number of rotatable bonds is 10. The molecule has 0 aliphatic carbocycles.